The fourth-order valence-corrected chi connectivity index (χ4v) is 7.49. The van der Waals surface area contributed by atoms with E-state index in [2.05, 4.69) is 25.6 Å². The lowest BCUT2D eigenvalue weighted by atomic mass is 10.0. The van der Waals surface area contributed by atoms with Gasteiger partial charge in [0.1, 0.15) is 0 Å². The van der Waals surface area contributed by atoms with Crippen LogP contribution in [0, 0.1) is 6.92 Å². The molecule has 19 heavy (non-hydrogen) atoms. The molecular formula is C9H13BrN2O4S3. The van der Waals surface area contributed by atoms with Crippen molar-refractivity contribution in [2.24, 2.45) is 0 Å². The van der Waals surface area contributed by atoms with Gasteiger partial charge in [0.25, 0.3) is 10.0 Å². The van der Waals surface area contributed by atoms with Gasteiger partial charge < -0.3 is 0 Å². The molecule has 108 valence electrons. The normalized spacial score (nSPS) is 26.7. The van der Waals surface area contributed by atoms with E-state index in [0.717, 1.165) is 11.3 Å². The number of sulfone groups is 1. The van der Waals surface area contributed by atoms with Crippen LogP contribution in [0.4, 0.5) is 0 Å². The zero-order valence-electron chi connectivity index (χ0n) is 10.3. The standard InChI is InChI=1S/C9H13BrN2O4S3/c1-6-7(10)17-8(11-6)19(15,16)12-9(2)3-4-18(13,14)5-9/h12H,3-5H2,1-2H3. The third-order valence-corrected chi connectivity index (χ3v) is 8.76. The Kier molecular flexibility index (Phi) is 3.85. The molecule has 1 aliphatic rings. The number of halogens is 1. The van der Waals surface area contributed by atoms with E-state index < -0.39 is 25.4 Å². The number of aromatic nitrogens is 1. The van der Waals surface area contributed by atoms with Gasteiger partial charge in [-0.15, -0.1) is 0 Å². The molecule has 2 heterocycles. The Morgan fingerprint density at radius 3 is 2.53 bits per heavy atom. The lowest BCUT2D eigenvalue weighted by Gasteiger charge is -2.22. The van der Waals surface area contributed by atoms with E-state index in [9.17, 15) is 16.8 Å². The highest BCUT2D eigenvalue weighted by Gasteiger charge is 2.42. The summed E-state index contributed by atoms with van der Waals surface area (Å²) in [5.74, 6) is -0.169. The van der Waals surface area contributed by atoms with E-state index in [-0.39, 0.29) is 22.3 Å². The van der Waals surface area contributed by atoms with Crippen molar-refractivity contribution in [2.45, 2.75) is 30.1 Å². The number of rotatable bonds is 3. The van der Waals surface area contributed by atoms with Crippen LogP contribution in [0.25, 0.3) is 0 Å². The van der Waals surface area contributed by atoms with Crippen LogP contribution in [-0.2, 0) is 19.9 Å². The zero-order chi connectivity index (χ0) is 14.5. The quantitative estimate of drug-likeness (QED) is 0.835. The van der Waals surface area contributed by atoms with Gasteiger partial charge in [-0.2, -0.15) is 0 Å². The number of sulfonamides is 1. The summed E-state index contributed by atoms with van der Waals surface area (Å²) in [6.07, 6.45) is 0.278. The molecule has 2 rings (SSSR count). The molecule has 0 radical (unpaired) electrons. The van der Waals surface area contributed by atoms with Gasteiger partial charge in [0, 0.05) is 5.54 Å². The number of aryl methyl sites for hydroxylation is 1. The molecule has 1 N–H and O–H groups in total. The zero-order valence-corrected chi connectivity index (χ0v) is 14.3. The largest absolute Gasteiger partial charge is 0.268 e. The molecule has 1 aromatic heterocycles. The summed E-state index contributed by atoms with van der Waals surface area (Å²) in [4.78, 5) is 3.96. The minimum atomic E-state index is -3.79. The maximum absolute atomic E-state index is 12.2. The maximum atomic E-state index is 12.2. The monoisotopic (exact) mass is 388 g/mol. The first-order valence-electron chi connectivity index (χ1n) is 5.40. The predicted octanol–water partition coefficient (Wildman–Crippen LogP) is 1.07. The highest BCUT2D eigenvalue weighted by Crippen LogP contribution is 2.30. The SMILES string of the molecule is Cc1nc(S(=O)(=O)NC2(C)CCS(=O)(=O)C2)sc1Br. The number of nitrogens with one attached hydrogen (secondary N) is 1. The van der Waals surface area contributed by atoms with Gasteiger partial charge in [-0.25, -0.2) is 26.5 Å². The van der Waals surface area contributed by atoms with E-state index in [0.29, 0.717) is 9.48 Å². The Morgan fingerprint density at radius 1 is 1.47 bits per heavy atom. The van der Waals surface area contributed by atoms with E-state index in [1.807, 2.05) is 0 Å². The number of nitrogens with zero attached hydrogens (tertiary/aromatic N) is 1. The van der Waals surface area contributed by atoms with Crippen molar-refractivity contribution in [3.8, 4) is 0 Å². The van der Waals surface area contributed by atoms with Gasteiger partial charge >= 0.3 is 0 Å². The highest BCUT2D eigenvalue weighted by atomic mass is 79.9. The first-order valence-corrected chi connectivity index (χ1v) is 10.3. The Bertz CT molecular complexity index is 690. The van der Waals surface area contributed by atoms with Crippen molar-refractivity contribution in [1.82, 2.24) is 9.71 Å². The molecule has 0 saturated carbocycles. The van der Waals surface area contributed by atoms with Gasteiger partial charge in [-0.05, 0) is 36.2 Å². The lowest BCUT2D eigenvalue weighted by Crippen LogP contribution is -2.46. The van der Waals surface area contributed by atoms with Crippen molar-refractivity contribution >= 4 is 47.1 Å². The molecule has 6 nitrogen and oxygen atoms in total. The molecule has 1 unspecified atom stereocenters. The van der Waals surface area contributed by atoms with Gasteiger partial charge in [-0.1, -0.05) is 11.3 Å². The molecule has 1 aliphatic heterocycles. The molecule has 0 aromatic carbocycles. The molecule has 1 fully saturated rings. The summed E-state index contributed by atoms with van der Waals surface area (Å²) in [5.41, 5.74) is -0.362. The van der Waals surface area contributed by atoms with E-state index in [1.165, 1.54) is 0 Å². The topological polar surface area (TPSA) is 93.2 Å². The molecule has 1 saturated heterocycles. The van der Waals surface area contributed by atoms with Crippen LogP contribution in [0.3, 0.4) is 0 Å². The summed E-state index contributed by atoms with van der Waals surface area (Å²) < 4.78 is 50.4. The van der Waals surface area contributed by atoms with Crippen molar-refractivity contribution < 1.29 is 16.8 Å². The fraction of sp³-hybridized carbons (Fsp3) is 0.667. The minimum absolute atomic E-state index is 0.00656. The molecule has 0 aliphatic carbocycles. The number of hydrogen-bond acceptors (Lipinski definition) is 6. The molecule has 0 bridgehead atoms. The molecule has 1 aromatic rings. The van der Waals surface area contributed by atoms with Gasteiger partial charge in [-0.3, -0.25) is 0 Å². The van der Waals surface area contributed by atoms with E-state index >= 15 is 0 Å². The third-order valence-electron chi connectivity index (χ3n) is 2.83. The highest BCUT2D eigenvalue weighted by molar-refractivity contribution is 9.11. The Balaban J connectivity index is 2.28. The van der Waals surface area contributed by atoms with Crippen molar-refractivity contribution in [3.63, 3.8) is 0 Å². The molecule has 10 heteroatoms. The van der Waals surface area contributed by atoms with Crippen molar-refractivity contribution in [2.75, 3.05) is 11.5 Å². The summed E-state index contributed by atoms with van der Waals surface area (Å²) in [6, 6.07) is 0. The van der Waals surface area contributed by atoms with Gasteiger partial charge in [0.15, 0.2) is 9.84 Å². The first-order chi connectivity index (χ1) is 8.53. The van der Waals surface area contributed by atoms with E-state index in [4.69, 9.17) is 0 Å². The molecular weight excluding hydrogens is 376 g/mol. The third kappa shape index (κ3) is 3.35. The van der Waals surface area contributed by atoms with Gasteiger partial charge in [0.2, 0.25) is 4.34 Å². The Labute approximate surface area is 124 Å². The Morgan fingerprint density at radius 2 is 2.11 bits per heavy atom. The van der Waals surface area contributed by atoms with E-state index in [1.54, 1.807) is 13.8 Å². The van der Waals surface area contributed by atoms with Crippen LogP contribution in [0.2, 0.25) is 0 Å². The lowest BCUT2D eigenvalue weighted by molar-refractivity contribution is 0.461. The van der Waals surface area contributed by atoms with Crippen LogP contribution >= 0.6 is 27.3 Å². The second kappa shape index (κ2) is 4.76. The summed E-state index contributed by atoms with van der Waals surface area (Å²) in [6.45, 7) is 3.30. The summed E-state index contributed by atoms with van der Waals surface area (Å²) in [7, 11) is -6.96. The summed E-state index contributed by atoms with van der Waals surface area (Å²) >= 11 is 4.23. The predicted molar refractivity (Wildman–Crippen MR) is 76.5 cm³/mol. The smallest absolute Gasteiger partial charge is 0.229 e. The maximum Gasteiger partial charge on any atom is 0.268 e. The van der Waals surface area contributed by atoms with Crippen LogP contribution < -0.4 is 4.72 Å². The second-order valence-corrected chi connectivity index (χ2v) is 11.2. The average Bonchev–Trinajstić information content (AvgIpc) is 2.68. The minimum Gasteiger partial charge on any atom is -0.229 e. The average molecular weight is 389 g/mol. The van der Waals surface area contributed by atoms with Gasteiger partial charge in [0.05, 0.1) is 21.0 Å². The molecule has 0 amide bonds. The van der Waals surface area contributed by atoms with Crippen molar-refractivity contribution in [1.29, 1.82) is 0 Å². The second-order valence-electron chi connectivity index (χ2n) is 4.85. The van der Waals surface area contributed by atoms with Crippen LogP contribution in [0.15, 0.2) is 8.13 Å². The van der Waals surface area contributed by atoms with Crippen LogP contribution in [0.5, 0.6) is 0 Å². The fourth-order valence-electron chi connectivity index (χ4n) is 1.93. The molecule has 1 atom stereocenters. The van der Waals surface area contributed by atoms with Crippen LogP contribution in [-0.4, -0.2) is 38.9 Å². The Hall–Kier alpha value is -0.0300. The first kappa shape index (κ1) is 15.4. The van der Waals surface area contributed by atoms with Crippen LogP contribution in [0.1, 0.15) is 19.0 Å². The van der Waals surface area contributed by atoms with Crippen molar-refractivity contribution in [3.05, 3.63) is 9.48 Å². The summed E-state index contributed by atoms with van der Waals surface area (Å²) in [5, 5.41) is 0. The number of hydrogen-bond donors (Lipinski definition) is 1. The molecule has 0 spiro atoms. The number of thiazole rings is 1.